The fourth-order valence-electron chi connectivity index (χ4n) is 3.52. The van der Waals surface area contributed by atoms with Crippen molar-refractivity contribution in [3.05, 3.63) is 0 Å². The molecule has 0 aromatic carbocycles. The number of hydrogen-bond donors (Lipinski definition) is 1. The van der Waals surface area contributed by atoms with Crippen LogP contribution in [0.25, 0.3) is 0 Å². The van der Waals surface area contributed by atoms with Gasteiger partial charge in [-0.15, -0.1) is 0 Å². The molecular formula is C15H31N3. The first kappa shape index (κ1) is 14.3. The van der Waals surface area contributed by atoms with Crippen LogP contribution in [0.15, 0.2) is 0 Å². The van der Waals surface area contributed by atoms with Crippen molar-refractivity contribution < 1.29 is 0 Å². The summed E-state index contributed by atoms with van der Waals surface area (Å²) in [5.41, 5.74) is 0. The van der Waals surface area contributed by atoms with Crippen LogP contribution in [-0.2, 0) is 0 Å². The van der Waals surface area contributed by atoms with E-state index >= 15 is 0 Å². The average molecular weight is 253 g/mol. The van der Waals surface area contributed by atoms with Crippen molar-refractivity contribution in [2.45, 2.75) is 32.6 Å². The maximum Gasteiger partial charge on any atom is 0.00224 e. The third-order valence-electron chi connectivity index (χ3n) is 4.47. The summed E-state index contributed by atoms with van der Waals surface area (Å²) in [6.07, 6.45) is 5.50. The molecule has 0 saturated carbocycles. The fraction of sp³-hybridized carbons (Fsp3) is 1.00. The second-order valence-electron chi connectivity index (χ2n) is 6.39. The van der Waals surface area contributed by atoms with Gasteiger partial charge in [0.1, 0.15) is 0 Å². The highest BCUT2D eigenvalue weighted by Gasteiger charge is 2.25. The van der Waals surface area contributed by atoms with Gasteiger partial charge in [-0.25, -0.2) is 0 Å². The third kappa shape index (κ3) is 4.52. The van der Waals surface area contributed by atoms with Crippen LogP contribution in [0.1, 0.15) is 32.6 Å². The second-order valence-corrected chi connectivity index (χ2v) is 6.39. The molecule has 1 N–H and O–H groups in total. The van der Waals surface area contributed by atoms with E-state index in [0.717, 1.165) is 11.8 Å². The maximum absolute atomic E-state index is 3.57. The van der Waals surface area contributed by atoms with Crippen LogP contribution in [0.2, 0.25) is 0 Å². The lowest BCUT2D eigenvalue weighted by atomic mass is 9.98. The number of nitrogens with zero attached hydrogens (tertiary/aromatic N) is 2. The maximum atomic E-state index is 3.57. The number of rotatable bonds is 6. The largest absolute Gasteiger partial charge is 0.316 e. The fourth-order valence-corrected chi connectivity index (χ4v) is 3.52. The molecule has 2 heterocycles. The van der Waals surface area contributed by atoms with Gasteiger partial charge in [0.2, 0.25) is 0 Å². The van der Waals surface area contributed by atoms with Gasteiger partial charge in [0.25, 0.3) is 0 Å². The van der Waals surface area contributed by atoms with Gasteiger partial charge in [0, 0.05) is 19.6 Å². The number of hydrogen-bond acceptors (Lipinski definition) is 3. The zero-order chi connectivity index (χ0) is 12.8. The molecular weight excluding hydrogens is 222 g/mol. The van der Waals surface area contributed by atoms with Crippen molar-refractivity contribution in [2.24, 2.45) is 11.8 Å². The Morgan fingerprint density at radius 2 is 2.00 bits per heavy atom. The SMILES string of the molecule is CCCNCC1CCN(CC2CCCN(C)C2)C1. The second kappa shape index (κ2) is 7.46. The zero-order valence-electron chi connectivity index (χ0n) is 12.3. The Balaban J connectivity index is 1.63. The number of likely N-dealkylation sites (tertiary alicyclic amines) is 2. The summed E-state index contributed by atoms with van der Waals surface area (Å²) in [5.74, 6) is 1.82. The smallest absolute Gasteiger partial charge is 0.00224 e. The van der Waals surface area contributed by atoms with Gasteiger partial charge in [-0.1, -0.05) is 6.92 Å². The Labute approximate surface area is 113 Å². The predicted molar refractivity (Wildman–Crippen MR) is 77.9 cm³/mol. The monoisotopic (exact) mass is 253 g/mol. The van der Waals surface area contributed by atoms with Gasteiger partial charge >= 0.3 is 0 Å². The highest BCUT2D eigenvalue weighted by atomic mass is 15.2. The van der Waals surface area contributed by atoms with Crippen LogP contribution in [0.4, 0.5) is 0 Å². The molecule has 2 unspecified atom stereocenters. The standard InChI is InChI=1S/C15H31N3/c1-3-7-16-10-14-6-9-18(12-14)13-15-5-4-8-17(2)11-15/h14-16H,3-13H2,1-2H3. The lowest BCUT2D eigenvalue weighted by molar-refractivity contribution is 0.164. The van der Waals surface area contributed by atoms with E-state index < -0.39 is 0 Å². The Morgan fingerprint density at radius 1 is 1.11 bits per heavy atom. The average Bonchev–Trinajstić information content (AvgIpc) is 2.77. The minimum Gasteiger partial charge on any atom is -0.316 e. The summed E-state index contributed by atoms with van der Waals surface area (Å²) in [6.45, 7) is 11.3. The van der Waals surface area contributed by atoms with Gasteiger partial charge in [-0.3, -0.25) is 0 Å². The first-order chi connectivity index (χ1) is 8.78. The topological polar surface area (TPSA) is 18.5 Å². The molecule has 0 aromatic heterocycles. The van der Waals surface area contributed by atoms with E-state index in [-0.39, 0.29) is 0 Å². The highest BCUT2D eigenvalue weighted by molar-refractivity contribution is 4.81. The molecule has 0 bridgehead atoms. The molecule has 0 aromatic rings. The molecule has 3 nitrogen and oxygen atoms in total. The minimum atomic E-state index is 0.901. The predicted octanol–water partition coefficient (Wildman–Crippen LogP) is 1.65. The van der Waals surface area contributed by atoms with E-state index in [1.165, 1.54) is 71.5 Å². The van der Waals surface area contributed by atoms with Crippen molar-refractivity contribution in [3.8, 4) is 0 Å². The quantitative estimate of drug-likeness (QED) is 0.726. The van der Waals surface area contributed by atoms with Gasteiger partial charge in [0.05, 0.1) is 0 Å². The van der Waals surface area contributed by atoms with E-state index in [4.69, 9.17) is 0 Å². The summed E-state index contributed by atoms with van der Waals surface area (Å²) in [5, 5.41) is 3.57. The molecule has 0 spiro atoms. The first-order valence-electron chi connectivity index (χ1n) is 7.89. The zero-order valence-corrected chi connectivity index (χ0v) is 12.3. The van der Waals surface area contributed by atoms with Crippen molar-refractivity contribution in [1.29, 1.82) is 0 Å². The molecule has 2 aliphatic heterocycles. The lowest BCUT2D eigenvalue weighted by Crippen LogP contribution is -2.38. The van der Waals surface area contributed by atoms with E-state index in [1.807, 2.05) is 0 Å². The van der Waals surface area contributed by atoms with Crippen LogP contribution in [0, 0.1) is 11.8 Å². The van der Waals surface area contributed by atoms with Gasteiger partial charge in [-0.2, -0.15) is 0 Å². The summed E-state index contributed by atoms with van der Waals surface area (Å²) >= 11 is 0. The lowest BCUT2D eigenvalue weighted by Gasteiger charge is -2.32. The molecule has 2 rings (SSSR count). The third-order valence-corrected chi connectivity index (χ3v) is 4.47. The summed E-state index contributed by atoms with van der Waals surface area (Å²) < 4.78 is 0. The molecule has 2 atom stereocenters. The van der Waals surface area contributed by atoms with Crippen molar-refractivity contribution >= 4 is 0 Å². The van der Waals surface area contributed by atoms with E-state index in [1.54, 1.807) is 0 Å². The molecule has 0 aliphatic carbocycles. The van der Waals surface area contributed by atoms with Crippen molar-refractivity contribution in [1.82, 2.24) is 15.1 Å². The Morgan fingerprint density at radius 3 is 2.78 bits per heavy atom. The highest BCUT2D eigenvalue weighted by Crippen LogP contribution is 2.21. The van der Waals surface area contributed by atoms with Crippen LogP contribution in [-0.4, -0.2) is 62.7 Å². The molecule has 3 heteroatoms. The molecule has 2 saturated heterocycles. The molecule has 106 valence electrons. The molecule has 2 fully saturated rings. The normalized spacial score (nSPS) is 31.0. The van der Waals surface area contributed by atoms with Gasteiger partial charge in [-0.05, 0) is 70.7 Å². The molecule has 0 radical (unpaired) electrons. The minimum absolute atomic E-state index is 0.901. The number of piperidine rings is 1. The summed E-state index contributed by atoms with van der Waals surface area (Å²) in [4.78, 5) is 5.21. The van der Waals surface area contributed by atoms with Crippen molar-refractivity contribution in [2.75, 3.05) is 52.9 Å². The molecule has 2 aliphatic rings. The van der Waals surface area contributed by atoms with Gasteiger partial charge in [0.15, 0.2) is 0 Å². The van der Waals surface area contributed by atoms with Crippen LogP contribution < -0.4 is 5.32 Å². The molecule has 18 heavy (non-hydrogen) atoms. The Hall–Kier alpha value is -0.120. The van der Waals surface area contributed by atoms with Crippen LogP contribution in [0.3, 0.4) is 0 Å². The van der Waals surface area contributed by atoms with Crippen LogP contribution in [0.5, 0.6) is 0 Å². The van der Waals surface area contributed by atoms with E-state index in [2.05, 4.69) is 29.1 Å². The molecule has 0 amide bonds. The Kier molecular flexibility index (Phi) is 5.93. The summed E-state index contributed by atoms with van der Waals surface area (Å²) in [7, 11) is 2.27. The van der Waals surface area contributed by atoms with Crippen molar-refractivity contribution in [3.63, 3.8) is 0 Å². The van der Waals surface area contributed by atoms with Crippen LogP contribution >= 0.6 is 0 Å². The number of nitrogens with one attached hydrogen (secondary N) is 1. The van der Waals surface area contributed by atoms with E-state index in [9.17, 15) is 0 Å². The summed E-state index contributed by atoms with van der Waals surface area (Å²) in [6, 6.07) is 0. The first-order valence-corrected chi connectivity index (χ1v) is 7.89. The van der Waals surface area contributed by atoms with E-state index in [0.29, 0.717) is 0 Å². The van der Waals surface area contributed by atoms with Gasteiger partial charge < -0.3 is 15.1 Å². The Bertz CT molecular complexity index is 232.